The molecule has 6 heteroatoms. The van der Waals surface area contributed by atoms with E-state index in [1.807, 2.05) is 38.1 Å². The Morgan fingerprint density at radius 2 is 1.74 bits per heavy atom. The fourth-order valence-electron chi connectivity index (χ4n) is 2.39. The first kappa shape index (κ1) is 20.3. The Kier molecular flexibility index (Phi) is 6.82. The summed E-state index contributed by atoms with van der Waals surface area (Å²) in [7, 11) is 5.11. The van der Waals surface area contributed by atoms with Crippen LogP contribution in [-0.2, 0) is 4.79 Å². The molecule has 1 N–H and O–H groups in total. The van der Waals surface area contributed by atoms with Gasteiger partial charge in [-0.05, 0) is 31.5 Å². The first-order valence-electron chi connectivity index (χ1n) is 8.81. The molecule has 0 saturated heterocycles. The van der Waals surface area contributed by atoms with E-state index in [-0.39, 0.29) is 24.6 Å². The molecule has 0 aromatic heterocycles. The third-order valence-electron chi connectivity index (χ3n) is 4.41. The van der Waals surface area contributed by atoms with Gasteiger partial charge in [-0.15, -0.1) is 0 Å². The number of rotatable bonds is 6. The Labute approximate surface area is 160 Å². The Morgan fingerprint density at radius 3 is 2.37 bits per heavy atom. The molecule has 6 nitrogen and oxygen atoms in total. The van der Waals surface area contributed by atoms with Gasteiger partial charge >= 0.3 is 6.03 Å². The molecule has 2 aromatic carbocycles. The number of carbonyl (C=O) groups is 2. The largest absolute Gasteiger partial charge is 0.484 e. The molecule has 2 rings (SSSR count). The maximum absolute atomic E-state index is 12.6. The number of likely N-dealkylation sites (N-methyl/N-ethyl adjacent to an activating group) is 1. The summed E-state index contributed by atoms with van der Waals surface area (Å²) in [5, 5.41) is 2.87. The molecule has 0 radical (unpaired) electrons. The van der Waals surface area contributed by atoms with Crippen molar-refractivity contribution in [2.24, 2.45) is 0 Å². The molecule has 0 aliphatic rings. The molecule has 0 saturated carbocycles. The second kappa shape index (κ2) is 9.07. The van der Waals surface area contributed by atoms with E-state index in [4.69, 9.17) is 4.74 Å². The van der Waals surface area contributed by atoms with Gasteiger partial charge in [-0.2, -0.15) is 0 Å². The number of urea groups is 1. The van der Waals surface area contributed by atoms with Crippen molar-refractivity contribution in [2.75, 3.05) is 33.1 Å². The Hall–Kier alpha value is -3.02. The van der Waals surface area contributed by atoms with E-state index in [1.54, 1.807) is 50.3 Å². The standard InChI is InChI=1S/C21H27N3O3/c1-15-9-11-17(12-10-15)16(2)24(5)21(26)22-18-7-6-8-19(13-18)27-14-20(25)23(3)4/h6-13,16H,14H2,1-5H3,(H,22,26)/t16-/m1/s1. The van der Waals surface area contributed by atoms with Gasteiger partial charge in [0.2, 0.25) is 0 Å². The number of aryl methyl sites for hydroxylation is 1. The smallest absolute Gasteiger partial charge is 0.322 e. The molecule has 0 spiro atoms. The maximum Gasteiger partial charge on any atom is 0.322 e. The average Bonchev–Trinajstić information content (AvgIpc) is 2.65. The predicted octanol–water partition coefficient (Wildman–Crippen LogP) is 3.69. The molecule has 3 amide bonds. The Bertz CT molecular complexity index is 788. The van der Waals surface area contributed by atoms with Crippen molar-refractivity contribution in [1.29, 1.82) is 0 Å². The highest BCUT2D eigenvalue weighted by atomic mass is 16.5. The third-order valence-corrected chi connectivity index (χ3v) is 4.41. The van der Waals surface area contributed by atoms with Crippen LogP contribution in [0.3, 0.4) is 0 Å². The summed E-state index contributed by atoms with van der Waals surface area (Å²) in [5.74, 6) is 0.397. The molecular weight excluding hydrogens is 342 g/mol. The number of nitrogens with zero attached hydrogens (tertiary/aromatic N) is 2. The molecule has 27 heavy (non-hydrogen) atoms. The number of benzene rings is 2. The zero-order valence-electron chi connectivity index (χ0n) is 16.5. The van der Waals surface area contributed by atoms with Gasteiger partial charge in [0.25, 0.3) is 5.91 Å². The van der Waals surface area contributed by atoms with Crippen molar-refractivity contribution in [2.45, 2.75) is 19.9 Å². The van der Waals surface area contributed by atoms with Gasteiger partial charge in [0.15, 0.2) is 6.61 Å². The summed E-state index contributed by atoms with van der Waals surface area (Å²) in [5.41, 5.74) is 2.86. The minimum Gasteiger partial charge on any atom is -0.484 e. The Balaban J connectivity index is 1.99. The number of hydrogen-bond donors (Lipinski definition) is 1. The topological polar surface area (TPSA) is 61.9 Å². The second-order valence-electron chi connectivity index (χ2n) is 6.73. The quantitative estimate of drug-likeness (QED) is 0.845. The van der Waals surface area contributed by atoms with E-state index in [0.29, 0.717) is 11.4 Å². The van der Waals surface area contributed by atoms with E-state index in [2.05, 4.69) is 5.32 Å². The molecule has 0 aliphatic carbocycles. The summed E-state index contributed by atoms with van der Waals surface area (Å²) in [6, 6.07) is 14.8. The number of carbonyl (C=O) groups excluding carboxylic acids is 2. The number of ether oxygens (including phenoxy) is 1. The predicted molar refractivity (Wildman–Crippen MR) is 107 cm³/mol. The summed E-state index contributed by atoms with van der Waals surface area (Å²) < 4.78 is 5.48. The fraction of sp³-hybridized carbons (Fsp3) is 0.333. The zero-order chi connectivity index (χ0) is 20.0. The second-order valence-corrected chi connectivity index (χ2v) is 6.73. The number of amides is 3. The van der Waals surface area contributed by atoms with Crippen LogP contribution in [0.4, 0.5) is 10.5 Å². The van der Waals surface area contributed by atoms with Crippen LogP contribution >= 0.6 is 0 Å². The van der Waals surface area contributed by atoms with Crippen LogP contribution in [0.5, 0.6) is 5.75 Å². The fourth-order valence-corrected chi connectivity index (χ4v) is 2.39. The van der Waals surface area contributed by atoms with Crippen LogP contribution in [0.25, 0.3) is 0 Å². The van der Waals surface area contributed by atoms with Crippen molar-refractivity contribution in [1.82, 2.24) is 9.80 Å². The first-order chi connectivity index (χ1) is 12.8. The number of hydrogen-bond acceptors (Lipinski definition) is 3. The van der Waals surface area contributed by atoms with Crippen LogP contribution in [-0.4, -0.2) is 49.5 Å². The molecule has 0 aliphatic heterocycles. The highest BCUT2D eigenvalue weighted by Crippen LogP contribution is 2.22. The molecular formula is C21H27N3O3. The van der Waals surface area contributed by atoms with Gasteiger partial charge in [0.05, 0.1) is 6.04 Å². The third kappa shape index (κ3) is 5.74. The Morgan fingerprint density at radius 1 is 1.07 bits per heavy atom. The van der Waals surface area contributed by atoms with Crippen LogP contribution in [0.15, 0.2) is 48.5 Å². The maximum atomic E-state index is 12.6. The molecule has 0 fully saturated rings. The first-order valence-corrected chi connectivity index (χ1v) is 8.81. The van der Waals surface area contributed by atoms with Gasteiger partial charge < -0.3 is 19.9 Å². The molecule has 0 bridgehead atoms. The highest BCUT2D eigenvalue weighted by molar-refractivity contribution is 5.89. The van der Waals surface area contributed by atoms with E-state index in [9.17, 15) is 9.59 Å². The zero-order valence-corrected chi connectivity index (χ0v) is 16.5. The highest BCUT2D eigenvalue weighted by Gasteiger charge is 2.17. The lowest BCUT2D eigenvalue weighted by atomic mass is 10.1. The van der Waals surface area contributed by atoms with E-state index in [0.717, 1.165) is 5.56 Å². The van der Waals surface area contributed by atoms with E-state index >= 15 is 0 Å². The van der Waals surface area contributed by atoms with Gasteiger partial charge in [0, 0.05) is 32.9 Å². The lowest BCUT2D eigenvalue weighted by Crippen LogP contribution is -2.33. The molecule has 144 valence electrons. The van der Waals surface area contributed by atoms with Crippen molar-refractivity contribution in [3.05, 3.63) is 59.7 Å². The van der Waals surface area contributed by atoms with Crippen LogP contribution < -0.4 is 10.1 Å². The van der Waals surface area contributed by atoms with Crippen LogP contribution in [0, 0.1) is 6.92 Å². The summed E-state index contributed by atoms with van der Waals surface area (Å²) in [6.07, 6.45) is 0. The SMILES string of the molecule is Cc1ccc([C@@H](C)N(C)C(=O)Nc2cccc(OCC(=O)N(C)C)c2)cc1. The van der Waals surface area contributed by atoms with Crippen molar-refractivity contribution >= 4 is 17.6 Å². The van der Waals surface area contributed by atoms with Crippen molar-refractivity contribution < 1.29 is 14.3 Å². The van der Waals surface area contributed by atoms with Gasteiger partial charge in [-0.3, -0.25) is 4.79 Å². The number of anilines is 1. The molecule has 0 unspecified atom stereocenters. The summed E-state index contributed by atoms with van der Waals surface area (Å²) >= 11 is 0. The minimum absolute atomic E-state index is 0.0469. The van der Waals surface area contributed by atoms with Crippen molar-refractivity contribution in [3.8, 4) is 5.75 Å². The minimum atomic E-state index is -0.218. The monoisotopic (exact) mass is 369 g/mol. The lowest BCUT2D eigenvalue weighted by molar-refractivity contribution is -0.130. The summed E-state index contributed by atoms with van der Waals surface area (Å²) in [6.45, 7) is 3.97. The van der Waals surface area contributed by atoms with Gasteiger partial charge in [-0.1, -0.05) is 35.9 Å². The van der Waals surface area contributed by atoms with Crippen molar-refractivity contribution in [3.63, 3.8) is 0 Å². The van der Waals surface area contributed by atoms with Crippen LogP contribution in [0.1, 0.15) is 24.1 Å². The molecule has 0 heterocycles. The normalized spacial score (nSPS) is 11.4. The van der Waals surface area contributed by atoms with Gasteiger partial charge in [0.1, 0.15) is 5.75 Å². The lowest BCUT2D eigenvalue weighted by Gasteiger charge is -2.25. The number of nitrogens with one attached hydrogen (secondary N) is 1. The average molecular weight is 369 g/mol. The van der Waals surface area contributed by atoms with Crippen LogP contribution in [0.2, 0.25) is 0 Å². The molecule has 1 atom stereocenters. The summed E-state index contributed by atoms with van der Waals surface area (Å²) in [4.78, 5) is 27.3. The van der Waals surface area contributed by atoms with Gasteiger partial charge in [-0.25, -0.2) is 4.79 Å². The van der Waals surface area contributed by atoms with E-state index < -0.39 is 0 Å². The van der Waals surface area contributed by atoms with E-state index in [1.165, 1.54) is 10.5 Å². The molecule has 2 aromatic rings.